The summed E-state index contributed by atoms with van der Waals surface area (Å²) < 4.78 is 56.7. The van der Waals surface area contributed by atoms with Gasteiger partial charge in [0.05, 0.1) is 0 Å². The first-order valence-corrected chi connectivity index (χ1v) is 4.22. The maximum absolute atomic E-state index is 10.0. The Labute approximate surface area is 69.5 Å². The Hall–Kier alpha value is 0.619. The monoisotopic (exact) mass is 258 g/mol. The summed E-state index contributed by atoms with van der Waals surface area (Å²) in [6.45, 7) is 0. The van der Waals surface area contributed by atoms with Gasteiger partial charge in [-0.1, -0.05) is 0 Å². The number of halogens is 4. The molecule has 0 aliphatic rings. The van der Waals surface area contributed by atoms with Gasteiger partial charge in [0, 0.05) is 0 Å². The third-order valence-corrected chi connectivity index (χ3v) is 0. The molecule has 11 heavy (non-hydrogen) atoms. The minimum absolute atomic E-state index is 0. The zero-order valence-electron chi connectivity index (χ0n) is 4.39. The summed E-state index contributed by atoms with van der Waals surface area (Å²) >= 11 is 0. The molecular weight excluding hydrogens is 258 g/mol. The molecule has 0 N–H and O–H groups in total. The van der Waals surface area contributed by atoms with Gasteiger partial charge in [-0.3, -0.25) is 9.13 Å². The van der Waals surface area contributed by atoms with E-state index in [4.69, 9.17) is 18.9 Å². The SMILES string of the molecule is O=P([O-])(F)F.O=P([O-])(F)F.[Fe+2]. The Bertz CT molecular complexity index is 132. The third kappa shape index (κ3) is 2060. The predicted molar refractivity (Wildman–Crippen MR) is 19.6 cm³/mol. The van der Waals surface area contributed by atoms with E-state index in [1.54, 1.807) is 0 Å². The molecule has 0 unspecified atom stereocenters. The molecule has 0 aromatic heterocycles. The van der Waals surface area contributed by atoms with Crippen LogP contribution in [0.25, 0.3) is 0 Å². The van der Waals surface area contributed by atoms with E-state index in [1.165, 1.54) is 0 Å². The van der Waals surface area contributed by atoms with Gasteiger partial charge < -0.3 is 9.79 Å². The molecule has 0 bridgehead atoms. The van der Waals surface area contributed by atoms with E-state index >= 15 is 0 Å². The molecule has 11 heteroatoms. The fourth-order valence-corrected chi connectivity index (χ4v) is 0. The van der Waals surface area contributed by atoms with E-state index in [0.29, 0.717) is 0 Å². The van der Waals surface area contributed by atoms with Crippen molar-refractivity contribution in [3.8, 4) is 0 Å². The normalized spacial score (nSPS) is 10.7. The summed E-state index contributed by atoms with van der Waals surface area (Å²) in [5.74, 6) is 0. The summed E-state index contributed by atoms with van der Waals surface area (Å²) in [6.07, 6.45) is 0. The summed E-state index contributed by atoms with van der Waals surface area (Å²) in [7, 11) is -11.8. The topological polar surface area (TPSA) is 80.3 Å². The molecule has 70 valence electrons. The van der Waals surface area contributed by atoms with Crippen LogP contribution in [0.1, 0.15) is 0 Å². The van der Waals surface area contributed by atoms with E-state index in [1.807, 2.05) is 0 Å². The molecule has 0 spiro atoms. The average molecular weight is 258 g/mol. The zero-order chi connectivity index (χ0) is 9.00. The van der Waals surface area contributed by atoms with Crippen LogP contribution in [-0.2, 0) is 26.2 Å². The van der Waals surface area contributed by atoms with E-state index in [0.717, 1.165) is 0 Å². The molecule has 0 atom stereocenters. The molecule has 0 aliphatic heterocycles. The number of hydrogen-bond acceptors (Lipinski definition) is 4. The Morgan fingerprint density at radius 3 is 0.818 bits per heavy atom. The number of rotatable bonds is 0. The Morgan fingerprint density at radius 1 is 0.818 bits per heavy atom. The molecule has 0 heterocycles. The summed E-state index contributed by atoms with van der Waals surface area (Å²) in [5, 5.41) is 0. The van der Waals surface area contributed by atoms with Crippen LogP contribution in [0.3, 0.4) is 0 Å². The predicted octanol–water partition coefficient (Wildman–Crippen LogP) is 0.785. The fourth-order valence-electron chi connectivity index (χ4n) is 0. The van der Waals surface area contributed by atoms with Crippen LogP contribution >= 0.6 is 16.0 Å². The fraction of sp³-hybridized carbons (Fsp3) is 0. The van der Waals surface area contributed by atoms with Crippen molar-refractivity contribution in [2.24, 2.45) is 0 Å². The molecule has 0 aromatic carbocycles. The second-order valence-electron chi connectivity index (χ2n) is 0.829. The van der Waals surface area contributed by atoms with Gasteiger partial charge in [-0.2, -0.15) is 16.8 Å². The minimum atomic E-state index is -5.89. The largest absolute Gasteiger partial charge is 2.00 e. The maximum Gasteiger partial charge on any atom is 2.00 e. The molecule has 0 radical (unpaired) electrons. The van der Waals surface area contributed by atoms with E-state index < -0.39 is 16.0 Å². The van der Waals surface area contributed by atoms with Crippen LogP contribution in [0, 0.1) is 0 Å². The molecule has 0 fully saturated rings. The average Bonchev–Trinajstić information content (AvgIpc) is 1.12. The number of hydrogen-bond donors (Lipinski definition) is 0. The summed E-state index contributed by atoms with van der Waals surface area (Å²) in [5.41, 5.74) is 0. The molecule has 0 saturated heterocycles. The van der Waals surface area contributed by atoms with Crippen LogP contribution in [0.2, 0.25) is 0 Å². The van der Waals surface area contributed by atoms with Crippen LogP contribution in [0.4, 0.5) is 16.8 Å². The van der Waals surface area contributed by atoms with Crippen molar-refractivity contribution in [3.05, 3.63) is 0 Å². The second kappa shape index (κ2) is 6.17. The van der Waals surface area contributed by atoms with Crippen LogP contribution in [0.5, 0.6) is 0 Å². The molecule has 4 nitrogen and oxygen atoms in total. The first-order valence-electron chi connectivity index (χ1n) is 1.41. The summed E-state index contributed by atoms with van der Waals surface area (Å²) in [4.78, 5) is 16.7. The Morgan fingerprint density at radius 2 is 0.818 bits per heavy atom. The third-order valence-electron chi connectivity index (χ3n) is 0. The molecule has 0 amide bonds. The Kier molecular flexibility index (Phi) is 9.89. The van der Waals surface area contributed by atoms with E-state index in [2.05, 4.69) is 0 Å². The summed E-state index contributed by atoms with van der Waals surface area (Å²) in [6, 6.07) is 0. The van der Waals surface area contributed by atoms with Gasteiger partial charge >= 0.3 is 33.0 Å². The van der Waals surface area contributed by atoms with Crippen molar-refractivity contribution in [3.63, 3.8) is 0 Å². The minimum Gasteiger partial charge on any atom is -0.749 e. The Balaban J connectivity index is -0.000000107. The van der Waals surface area contributed by atoms with Crippen LogP contribution in [-0.4, -0.2) is 0 Å². The maximum atomic E-state index is 10.0. The molecule has 0 aliphatic carbocycles. The van der Waals surface area contributed by atoms with Crippen molar-refractivity contribution >= 4 is 16.0 Å². The van der Waals surface area contributed by atoms with E-state index in [-0.39, 0.29) is 17.1 Å². The van der Waals surface area contributed by atoms with Gasteiger partial charge in [-0.25, -0.2) is 0 Å². The first kappa shape index (κ1) is 17.6. The molecule has 0 rings (SSSR count). The van der Waals surface area contributed by atoms with Crippen LogP contribution < -0.4 is 9.79 Å². The van der Waals surface area contributed by atoms with Crippen molar-refractivity contribution in [2.75, 3.05) is 0 Å². The zero-order valence-corrected chi connectivity index (χ0v) is 7.29. The molecular formula is F4FeO4P2. The standard InChI is InChI=1S/2F2HO2P.Fe/c2*1-5(2,3)4;/h2*(H,3,4);/q;;+2/p-2. The van der Waals surface area contributed by atoms with Gasteiger partial charge in [0.1, 0.15) is 0 Å². The smallest absolute Gasteiger partial charge is 0.749 e. The van der Waals surface area contributed by atoms with Gasteiger partial charge in [-0.15, -0.1) is 0 Å². The second-order valence-corrected chi connectivity index (χ2v) is 2.49. The van der Waals surface area contributed by atoms with Crippen molar-refractivity contribution in [1.82, 2.24) is 0 Å². The van der Waals surface area contributed by atoms with Gasteiger partial charge in [0.15, 0.2) is 0 Å². The molecule has 0 aromatic rings. The van der Waals surface area contributed by atoms with Gasteiger partial charge in [0.2, 0.25) is 0 Å². The van der Waals surface area contributed by atoms with Crippen molar-refractivity contribution < 1.29 is 52.8 Å². The van der Waals surface area contributed by atoms with Crippen molar-refractivity contribution in [2.45, 2.75) is 0 Å². The van der Waals surface area contributed by atoms with Crippen LogP contribution in [0.15, 0.2) is 0 Å². The first-order chi connectivity index (χ1) is 4.00. The molecule has 0 saturated carbocycles. The van der Waals surface area contributed by atoms with E-state index in [9.17, 15) is 16.8 Å². The van der Waals surface area contributed by atoms with Gasteiger partial charge in [0.25, 0.3) is 0 Å². The van der Waals surface area contributed by atoms with Gasteiger partial charge in [-0.05, 0) is 0 Å². The quantitative estimate of drug-likeness (QED) is 0.365. The van der Waals surface area contributed by atoms with Crippen molar-refractivity contribution in [1.29, 1.82) is 0 Å².